The number of ether oxygens (including phenoxy) is 2. The normalized spacial score (nSPS) is 27.3. The minimum absolute atomic E-state index is 0.0318. The van der Waals surface area contributed by atoms with Gasteiger partial charge in [-0.3, -0.25) is 14.2 Å². The lowest BCUT2D eigenvalue weighted by atomic mass is 10.2. The van der Waals surface area contributed by atoms with Crippen LogP contribution in [0.25, 0.3) is 0 Å². The molecule has 0 saturated carbocycles. The predicted octanol–water partition coefficient (Wildman–Crippen LogP) is -1.35. The van der Waals surface area contributed by atoms with E-state index in [1.807, 2.05) is 0 Å². The third-order valence-electron chi connectivity index (χ3n) is 2.81. The zero-order valence-corrected chi connectivity index (χ0v) is 10.9. The van der Waals surface area contributed by atoms with Crippen LogP contribution in [0.15, 0.2) is 0 Å². The van der Waals surface area contributed by atoms with Crippen molar-refractivity contribution in [2.24, 2.45) is 0 Å². The standard InChI is InChI=1S/C9H16NO8P/c11-9(12)8(5-18-19(13,14)15)10(1-6-3-16-6)2-7-4-17-7/h6-8H,1-5H2,(H,11,12)(H2,13,14,15). The number of hydrogen-bond acceptors (Lipinski definition) is 6. The van der Waals surface area contributed by atoms with Crippen molar-refractivity contribution in [1.29, 1.82) is 0 Å². The number of rotatable bonds is 9. The van der Waals surface area contributed by atoms with Crippen molar-refractivity contribution >= 4 is 13.8 Å². The molecule has 0 radical (unpaired) electrons. The second kappa shape index (κ2) is 5.84. The van der Waals surface area contributed by atoms with Gasteiger partial charge in [0.25, 0.3) is 0 Å². The minimum atomic E-state index is -4.69. The molecule has 10 heteroatoms. The van der Waals surface area contributed by atoms with E-state index in [4.69, 9.17) is 24.4 Å². The Morgan fingerprint density at radius 2 is 1.79 bits per heavy atom. The third-order valence-corrected chi connectivity index (χ3v) is 3.29. The Hall–Kier alpha value is -0.540. The van der Waals surface area contributed by atoms with Gasteiger partial charge in [-0.15, -0.1) is 0 Å². The molecule has 110 valence electrons. The van der Waals surface area contributed by atoms with E-state index in [1.165, 1.54) is 0 Å². The van der Waals surface area contributed by atoms with Gasteiger partial charge in [0.15, 0.2) is 0 Å². The number of epoxide rings is 2. The maximum Gasteiger partial charge on any atom is 0.469 e. The van der Waals surface area contributed by atoms with Gasteiger partial charge in [-0.2, -0.15) is 0 Å². The zero-order chi connectivity index (χ0) is 14.0. The topological polar surface area (TPSA) is 132 Å². The number of carbonyl (C=O) groups is 1. The number of phosphoric ester groups is 1. The number of phosphoric acid groups is 1. The van der Waals surface area contributed by atoms with E-state index < -0.39 is 26.4 Å². The first-order valence-corrected chi connectivity index (χ1v) is 7.28. The second-order valence-electron chi connectivity index (χ2n) is 4.50. The van der Waals surface area contributed by atoms with E-state index >= 15 is 0 Å². The Bertz CT molecular complexity index is 362. The second-order valence-corrected chi connectivity index (χ2v) is 5.74. The highest BCUT2D eigenvalue weighted by molar-refractivity contribution is 7.46. The summed E-state index contributed by atoms with van der Waals surface area (Å²) in [6, 6.07) is -1.14. The van der Waals surface area contributed by atoms with E-state index in [2.05, 4.69) is 4.52 Å². The summed E-state index contributed by atoms with van der Waals surface area (Å²) in [5.41, 5.74) is 0. The maximum absolute atomic E-state index is 11.2. The van der Waals surface area contributed by atoms with Crippen LogP contribution in [0.2, 0.25) is 0 Å². The van der Waals surface area contributed by atoms with E-state index in [1.54, 1.807) is 4.90 Å². The fraction of sp³-hybridized carbons (Fsp3) is 0.889. The molecule has 2 rings (SSSR count). The summed E-state index contributed by atoms with van der Waals surface area (Å²) >= 11 is 0. The number of nitrogens with zero attached hydrogens (tertiary/aromatic N) is 1. The maximum atomic E-state index is 11.2. The fourth-order valence-electron chi connectivity index (χ4n) is 1.70. The highest BCUT2D eigenvalue weighted by Gasteiger charge is 2.37. The molecule has 2 saturated heterocycles. The molecule has 0 amide bonds. The summed E-state index contributed by atoms with van der Waals surface area (Å²) in [6.45, 7) is 1.29. The van der Waals surface area contributed by atoms with Crippen LogP contribution in [0, 0.1) is 0 Å². The van der Waals surface area contributed by atoms with E-state index in [9.17, 15) is 9.36 Å². The van der Waals surface area contributed by atoms with Gasteiger partial charge in [0.05, 0.1) is 32.0 Å². The summed E-state index contributed by atoms with van der Waals surface area (Å²) in [7, 11) is -4.69. The van der Waals surface area contributed by atoms with Crippen LogP contribution in [0.3, 0.4) is 0 Å². The van der Waals surface area contributed by atoms with Crippen LogP contribution < -0.4 is 0 Å². The van der Waals surface area contributed by atoms with Crippen molar-refractivity contribution in [2.45, 2.75) is 18.2 Å². The van der Waals surface area contributed by atoms with Crippen LogP contribution in [-0.4, -0.2) is 76.9 Å². The Morgan fingerprint density at radius 3 is 2.11 bits per heavy atom. The van der Waals surface area contributed by atoms with Crippen LogP contribution >= 0.6 is 7.82 Å². The van der Waals surface area contributed by atoms with Crippen LogP contribution in [0.4, 0.5) is 0 Å². The molecule has 3 atom stereocenters. The molecule has 0 spiro atoms. The number of carboxylic acids is 1. The molecular weight excluding hydrogens is 281 g/mol. The Kier molecular flexibility index (Phi) is 4.57. The fourth-order valence-corrected chi connectivity index (χ4v) is 2.04. The first-order chi connectivity index (χ1) is 8.85. The first kappa shape index (κ1) is 14.9. The van der Waals surface area contributed by atoms with Gasteiger partial charge in [-0.1, -0.05) is 0 Å². The van der Waals surface area contributed by atoms with Crippen LogP contribution in [-0.2, 0) is 23.4 Å². The Balaban J connectivity index is 1.94. The molecule has 0 aromatic rings. The molecule has 2 heterocycles. The largest absolute Gasteiger partial charge is 0.480 e. The molecule has 3 unspecified atom stereocenters. The highest BCUT2D eigenvalue weighted by atomic mass is 31.2. The molecule has 2 fully saturated rings. The molecule has 3 N–H and O–H groups in total. The lowest BCUT2D eigenvalue weighted by molar-refractivity contribution is -0.144. The molecule has 2 aliphatic heterocycles. The lowest BCUT2D eigenvalue weighted by Gasteiger charge is -2.27. The van der Waals surface area contributed by atoms with Gasteiger partial charge < -0.3 is 24.4 Å². The van der Waals surface area contributed by atoms with Crippen LogP contribution in [0.5, 0.6) is 0 Å². The van der Waals surface area contributed by atoms with Gasteiger partial charge in [-0.05, 0) is 0 Å². The predicted molar refractivity (Wildman–Crippen MR) is 60.5 cm³/mol. The van der Waals surface area contributed by atoms with Crippen molar-refractivity contribution < 1.29 is 38.3 Å². The molecule has 9 nitrogen and oxygen atoms in total. The van der Waals surface area contributed by atoms with Crippen molar-refractivity contribution in [2.75, 3.05) is 32.9 Å². The van der Waals surface area contributed by atoms with Crippen molar-refractivity contribution in [3.8, 4) is 0 Å². The quantitative estimate of drug-likeness (QED) is 0.349. The molecule has 0 aromatic heterocycles. The molecular formula is C9H16NO8P. The summed E-state index contributed by atoms with van der Waals surface area (Å²) in [4.78, 5) is 30.1. The average molecular weight is 297 g/mol. The smallest absolute Gasteiger partial charge is 0.469 e. The van der Waals surface area contributed by atoms with E-state index in [-0.39, 0.29) is 12.2 Å². The van der Waals surface area contributed by atoms with Gasteiger partial charge in [0.1, 0.15) is 6.04 Å². The molecule has 2 aliphatic rings. The summed E-state index contributed by atoms with van der Waals surface area (Å²) in [5.74, 6) is -1.20. The Morgan fingerprint density at radius 1 is 1.32 bits per heavy atom. The molecule has 0 aliphatic carbocycles. The molecule has 0 bridgehead atoms. The summed E-state index contributed by atoms with van der Waals surface area (Å²) in [6.07, 6.45) is -0.0636. The lowest BCUT2D eigenvalue weighted by Crippen LogP contribution is -2.47. The van der Waals surface area contributed by atoms with Gasteiger partial charge in [-0.25, -0.2) is 4.57 Å². The van der Waals surface area contributed by atoms with Gasteiger partial charge in [0, 0.05) is 13.1 Å². The first-order valence-electron chi connectivity index (χ1n) is 5.75. The summed E-state index contributed by atoms with van der Waals surface area (Å²) < 4.78 is 25.1. The number of aliphatic carboxylic acids is 1. The van der Waals surface area contributed by atoms with Crippen molar-refractivity contribution in [3.63, 3.8) is 0 Å². The molecule has 0 aromatic carbocycles. The average Bonchev–Trinajstić information content (AvgIpc) is 3.10. The highest BCUT2D eigenvalue weighted by Crippen LogP contribution is 2.36. The molecule has 19 heavy (non-hydrogen) atoms. The van der Waals surface area contributed by atoms with Crippen molar-refractivity contribution in [3.05, 3.63) is 0 Å². The van der Waals surface area contributed by atoms with E-state index in [0.29, 0.717) is 26.3 Å². The zero-order valence-electron chi connectivity index (χ0n) is 10.0. The van der Waals surface area contributed by atoms with Gasteiger partial charge in [0.2, 0.25) is 0 Å². The SMILES string of the molecule is O=C(O)C(COP(=O)(O)O)N(CC1CO1)CC1CO1. The number of hydrogen-bond donors (Lipinski definition) is 3. The monoisotopic (exact) mass is 297 g/mol. The van der Waals surface area contributed by atoms with Crippen molar-refractivity contribution in [1.82, 2.24) is 4.90 Å². The summed E-state index contributed by atoms with van der Waals surface area (Å²) in [5, 5.41) is 9.15. The van der Waals surface area contributed by atoms with E-state index in [0.717, 1.165) is 0 Å². The Labute approximate surface area is 109 Å². The van der Waals surface area contributed by atoms with Gasteiger partial charge >= 0.3 is 13.8 Å². The third kappa shape index (κ3) is 5.53. The minimum Gasteiger partial charge on any atom is -0.480 e. The number of carboxylic acid groups (broad SMARTS) is 1. The van der Waals surface area contributed by atoms with Crippen LogP contribution in [0.1, 0.15) is 0 Å².